The minimum Gasteiger partial charge on any atom is -0.454 e. The Morgan fingerprint density at radius 2 is 2.16 bits per heavy atom. The van der Waals surface area contributed by atoms with E-state index >= 15 is 0 Å². The van der Waals surface area contributed by atoms with Gasteiger partial charge in [-0.25, -0.2) is 4.79 Å². The van der Waals surface area contributed by atoms with Crippen molar-refractivity contribution in [3.8, 4) is 0 Å². The molecule has 1 heterocycles. The molecule has 0 bridgehead atoms. The third-order valence-electron chi connectivity index (χ3n) is 4.08. The summed E-state index contributed by atoms with van der Waals surface area (Å²) in [5.41, 5.74) is 4.17. The molecule has 100 valence electrons. The van der Waals surface area contributed by atoms with Crippen LogP contribution in [0.5, 0.6) is 0 Å². The van der Waals surface area contributed by atoms with Gasteiger partial charge in [-0.05, 0) is 55.4 Å². The van der Waals surface area contributed by atoms with Gasteiger partial charge in [-0.2, -0.15) is 0 Å². The first-order valence-electron chi connectivity index (χ1n) is 6.84. The van der Waals surface area contributed by atoms with Crippen LogP contribution < -0.4 is 0 Å². The van der Waals surface area contributed by atoms with Crippen LogP contribution in [-0.4, -0.2) is 12.1 Å². The highest BCUT2D eigenvalue weighted by Gasteiger charge is 2.30. The predicted molar refractivity (Wildman–Crippen MR) is 78.3 cm³/mol. The Kier molecular flexibility index (Phi) is 3.48. The Hall–Kier alpha value is -1.09. The average molecular weight is 321 g/mol. The van der Waals surface area contributed by atoms with Crippen LogP contribution in [0.25, 0.3) is 0 Å². The summed E-state index contributed by atoms with van der Waals surface area (Å²) in [5.74, 6) is -0.170. The van der Waals surface area contributed by atoms with Gasteiger partial charge in [0.05, 0.1) is 5.56 Å². The molecule has 19 heavy (non-hydrogen) atoms. The number of carbonyl (C=O) groups excluding carboxylic acids is 1. The van der Waals surface area contributed by atoms with Crippen molar-refractivity contribution in [2.45, 2.75) is 45.1 Å². The number of cyclic esters (lactones) is 1. The van der Waals surface area contributed by atoms with E-state index in [1.54, 1.807) is 0 Å². The summed E-state index contributed by atoms with van der Waals surface area (Å²) in [5, 5.41) is 0. The van der Waals surface area contributed by atoms with Crippen LogP contribution in [0.2, 0.25) is 0 Å². The molecule has 1 aliphatic heterocycles. The van der Waals surface area contributed by atoms with Crippen molar-refractivity contribution in [3.05, 3.63) is 44.9 Å². The quantitative estimate of drug-likeness (QED) is 0.568. The first-order chi connectivity index (χ1) is 9.16. The molecule has 3 rings (SSSR count). The topological polar surface area (TPSA) is 26.3 Å². The molecule has 0 aromatic heterocycles. The van der Waals surface area contributed by atoms with Crippen LogP contribution in [0, 0.1) is 6.92 Å². The number of esters is 1. The monoisotopic (exact) mass is 320 g/mol. The maximum atomic E-state index is 12.2. The summed E-state index contributed by atoms with van der Waals surface area (Å²) in [4.78, 5) is 12.2. The Balaban J connectivity index is 1.94. The largest absolute Gasteiger partial charge is 0.454 e. The summed E-state index contributed by atoms with van der Waals surface area (Å²) < 4.78 is 6.63. The van der Waals surface area contributed by atoms with Crippen molar-refractivity contribution in [1.29, 1.82) is 0 Å². The molecule has 0 radical (unpaired) electrons. The SMILES string of the molecule is Cc1c(Br)ccc2c1C(=O)OC(C1=CCCCC1)C2. The lowest BCUT2D eigenvalue weighted by atomic mass is 9.88. The normalized spacial score (nSPS) is 22.5. The fourth-order valence-corrected chi connectivity index (χ4v) is 3.32. The van der Waals surface area contributed by atoms with E-state index in [-0.39, 0.29) is 12.1 Å². The van der Waals surface area contributed by atoms with Crippen LogP contribution >= 0.6 is 15.9 Å². The van der Waals surface area contributed by atoms with E-state index in [1.807, 2.05) is 19.1 Å². The van der Waals surface area contributed by atoms with Crippen molar-refractivity contribution < 1.29 is 9.53 Å². The molecule has 1 unspecified atom stereocenters. The smallest absolute Gasteiger partial charge is 0.339 e. The Morgan fingerprint density at radius 3 is 2.89 bits per heavy atom. The molecule has 0 N–H and O–H groups in total. The molecular weight excluding hydrogens is 304 g/mol. The molecule has 1 aromatic carbocycles. The highest BCUT2D eigenvalue weighted by atomic mass is 79.9. The fourth-order valence-electron chi connectivity index (χ4n) is 2.99. The lowest BCUT2D eigenvalue weighted by Crippen LogP contribution is -2.30. The van der Waals surface area contributed by atoms with Crippen LogP contribution in [0.4, 0.5) is 0 Å². The summed E-state index contributed by atoms with van der Waals surface area (Å²) in [6.07, 6.45) is 7.71. The van der Waals surface area contributed by atoms with Crippen LogP contribution in [0.1, 0.15) is 47.2 Å². The van der Waals surface area contributed by atoms with Crippen LogP contribution in [0.3, 0.4) is 0 Å². The maximum absolute atomic E-state index is 12.2. The van der Waals surface area contributed by atoms with Gasteiger partial charge in [-0.15, -0.1) is 0 Å². The van der Waals surface area contributed by atoms with E-state index in [0.29, 0.717) is 0 Å². The maximum Gasteiger partial charge on any atom is 0.339 e. The number of ether oxygens (including phenoxy) is 1. The highest BCUT2D eigenvalue weighted by Crippen LogP contribution is 2.33. The Labute approximate surface area is 122 Å². The van der Waals surface area contributed by atoms with Crippen molar-refractivity contribution in [1.82, 2.24) is 0 Å². The van der Waals surface area contributed by atoms with E-state index in [2.05, 4.69) is 22.0 Å². The first kappa shape index (κ1) is 12.9. The summed E-state index contributed by atoms with van der Waals surface area (Å²) >= 11 is 3.47. The zero-order valence-electron chi connectivity index (χ0n) is 11.0. The number of hydrogen-bond donors (Lipinski definition) is 0. The van der Waals surface area contributed by atoms with Crippen molar-refractivity contribution in [2.75, 3.05) is 0 Å². The lowest BCUT2D eigenvalue weighted by Gasteiger charge is -2.29. The number of benzene rings is 1. The Morgan fingerprint density at radius 1 is 1.32 bits per heavy atom. The fraction of sp³-hybridized carbons (Fsp3) is 0.438. The molecule has 2 aliphatic rings. The molecule has 3 heteroatoms. The number of carbonyl (C=O) groups is 1. The molecule has 2 nitrogen and oxygen atoms in total. The van der Waals surface area contributed by atoms with Crippen molar-refractivity contribution >= 4 is 21.9 Å². The second-order valence-corrected chi connectivity index (χ2v) is 6.18. The zero-order valence-corrected chi connectivity index (χ0v) is 12.6. The van der Waals surface area contributed by atoms with Crippen LogP contribution in [-0.2, 0) is 11.2 Å². The summed E-state index contributed by atoms with van der Waals surface area (Å²) in [7, 11) is 0. The molecular formula is C16H17BrO2. The van der Waals surface area contributed by atoms with Gasteiger partial charge < -0.3 is 4.74 Å². The molecule has 0 saturated carbocycles. The van der Waals surface area contributed by atoms with Gasteiger partial charge in [-0.3, -0.25) is 0 Å². The van der Waals surface area contributed by atoms with Gasteiger partial charge in [0, 0.05) is 10.9 Å². The molecule has 1 aliphatic carbocycles. The highest BCUT2D eigenvalue weighted by molar-refractivity contribution is 9.10. The molecule has 1 aromatic rings. The zero-order chi connectivity index (χ0) is 13.4. The number of rotatable bonds is 1. The minimum absolute atomic E-state index is 0.0409. The minimum atomic E-state index is -0.170. The second-order valence-electron chi connectivity index (χ2n) is 5.33. The number of hydrogen-bond acceptors (Lipinski definition) is 2. The standard InChI is InChI=1S/C16H17BrO2/c1-10-13(17)8-7-12-9-14(19-16(18)15(10)12)11-5-3-2-4-6-11/h5,7-8,14H,2-4,6,9H2,1H3. The van der Waals surface area contributed by atoms with Gasteiger partial charge in [0.15, 0.2) is 0 Å². The van der Waals surface area contributed by atoms with Gasteiger partial charge >= 0.3 is 5.97 Å². The third-order valence-corrected chi connectivity index (χ3v) is 4.94. The average Bonchev–Trinajstić information content (AvgIpc) is 2.43. The number of halogens is 1. The third kappa shape index (κ3) is 2.36. The molecule has 0 spiro atoms. The van der Waals surface area contributed by atoms with Gasteiger partial charge in [-0.1, -0.05) is 28.1 Å². The molecule has 0 amide bonds. The van der Waals surface area contributed by atoms with E-state index in [0.717, 1.165) is 40.4 Å². The van der Waals surface area contributed by atoms with E-state index < -0.39 is 0 Å². The van der Waals surface area contributed by atoms with Gasteiger partial charge in [0.25, 0.3) is 0 Å². The Bertz CT molecular complexity index is 560. The van der Waals surface area contributed by atoms with Crippen LogP contribution in [0.15, 0.2) is 28.3 Å². The van der Waals surface area contributed by atoms with E-state index in [1.165, 1.54) is 18.4 Å². The first-order valence-corrected chi connectivity index (χ1v) is 7.64. The molecule has 0 saturated heterocycles. The molecule has 0 fully saturated rings. The predicted octanol–water partition coefficient (Wildman–Crippen LogP) is 4.34. The van der Waals surface area contributed by atoms with E-state index in [9.17, 15) is 4.79 Å². The van der Waals surface area contributed by atoms with Crippen molar-refractivity contribution in [3.63, 3.8) is 0 Å². The number of fused-ring (bicyclic) bond motifs is 1. The summed E-state index contributed by atoms with van der Waals surface area (Å²) in [6.45, 7) is 1.96. The second kappa shape index (κ2) is 5.12. The van der Waals surface area contributed by atoms with Gasteiger partial charge in [0.1, 0.15) is 6.10 Å². The molecule has 1 atom stereocenters. The van der Waals surface area contributed by atoms with E-state index in [4.69, 9.17) is 4.74 Å². The lowest BCUT2D eigenvalue weighted by molar-refractivity contribution is 0.0325. The summed E-state index contributed by atoms with van der Waals surface area (Å²) in [6, 6.07) is 4.07. The van der Waals surface area contributed by atoms with Crippen molar-refractivity contribution in [2.24, 2.45) is 0 Å². The number of allylic oxidation sites excluding steroid dienone is 1. The van der Waals surface area contributed by atoms with Gasteiger partial charge in [0.2, 0.25) is 0 Å².